The topological polar surface area (TPSA) is 82.3 Å². The first-order valence-electron chi connectivity index (χ1n) is 20.2. The minimum Gasteiger partial charge on any atom is -0.309 e. The zero-order chi connectivity index (χ0) is 40.5. The molecule has 0 spiro atoms. The van der Waals surface area contributed by atoms with Gasteiger partial charge in [-0.3, -0.25) is 0 Å². The number of fused-ring (bicyclic) bond motifs is 3. The number of benzene rings is 8. The molecule has 0 atom stereocenters. The van der Waals surface area contributed by atoms with Crippen LogP contribution in [0.25, 0.3) is 107 Å². The Kier molecular flexibility index (Phi) is 9.02. The number of hydrogen-bond acceptors (Lipinski definition) is 6. The fourth-order valence-corrected chi connectivity index (χ4v) is 8.05. The highest BCUT2D eigenvalue weighted by molar-refractivity contribution is 6.09. The lowest BCUT2D eigenvalue weighted by Crippen LogP contribution is -2.05. The van der Waals surface area contributed by atoms with E-state index in [1.54, 1.807) is 0 Å². The van der Waals surface area contributed by atoms with Crippen LogP contribution in [-0.4, -0.2) is 34.5 Å². The molecule has 11 rings (SSSR count). The van der Waals surface area contributed by atoms with Gasteiger partial charge in [-0.15, -0.1) is 0 Å². The van der Waals surface area contributed by atoms with Crippen molar-refractivity contribution in [3.8, 4) is 85.1 Å². The highest BCUT2D eigenvalue weighted by Gasteiger charge is 2.22. The van der Waals surface area contributed by atoms with Crippen LogP contribution in [0.15, 0.2) is 212 Å². The van der Waals surface area contributed by atoms with Gasteiger partial charge in [0.1, 0.15) is 0 Å². The van der Waals surface area contributed by atoms with Crippen LogP contribution < -0.4 is 0 Å². The molecule has 61 heavy (non-hydrogen) atoms. The van der Waals surface area contributed by atoms with Crippen LogP contribution in [-0.2, 0) is 0 Å². The van der Waals surface area contributed by atoms with Gasteiger partial charge in [0.25, 0.3) is 0 Å². The summed E-state index contributed by atoms with van der Waals surface area (Å²) in [6, 6.07) is 72.2. The highest BCUT2D eigenvalue weighted by Crippen LogP contribution is 2.39. The number of aromatic nitrogens is 7. The fraction of sp³-hybridized carbons (Fsp3) is 0. The van der Waals surface area contributed by atoms with Crippen molar-refractivity contribution in [2.75, 3.05) is 0 Å². The lowest BCUT2D eigenvalue weighted by molar-refractivity contribution is 1.06. The minimum atomic E-state index is 0.526. The van der Waals surface area contributed by atoms with E-state index in [-0.39, 0.29) is 0 Å². The van der Waals surface area contributed by atoms with Crippen LogP contribution in [0, 0.1) is 0 Å². The molecule has 0 saturated carbocycles. The van der Waals surface area contributed by atoms with Gasteiger partial charge in [-0.2, -0.15) is 0 Å². The normalized spacial score (nSPS) is 11.3. The first kappa shape index (κ1) is 35.7. The van der Waals surface area contributed by atoms with Gasteiger partial charge < -0.3 is 4.57 Å². The zero-order valence-electron chi connectivity index (χ0n) is 32.8. The monoisotopic (exact) mass is 781 g/mol. The molecule has 0 fully saturated rings. The second-order valence-corrected chi connectivity index (χ2v) is 14.7. The van der Waals surface area contributed by atoms with E-state index in [1.165, 1.54) is 0 Å². The number of rotatable bonds is 8. The zero-order valence-corrected chi connectivity index (χ0v) is 32.8. The molecule has 3 heterocycles. The molecule has 0 bridgehead atoms. The third-order valence-corrected chi connectivity index (χ3v) is 10.9. The standard InChI is InChI=1S/C54H35N7/c1-5-19-36(20-6-1)41-27-13-14-30-44(41)53-57-51(39-25-11-4-12-26-39)56-52(60-53)40-33-34-48(61-46-31-17-15-28-42(46)43-29-16-18-32-47(43)61)45(35-40)54-58-49(37-21-7-2-8-22-37)55-50(59-54)38-23-9-3-10-24-38/h1-35H. The largest absolute Gasteiger partial charge is 0.309 e. The van der Waals surface area contributed by atoms with Gasteiger partial charge in [-0.05, 0) is 41.5 Å². The van der Waals surface area contributed by atoms with Crippen LogP contribution in [0.4, 0.5) is 0 Å². The Morgan fingerprint density at radius 2 is 0.607 bits per heavy atom. The van der Waals surface area contributed by atoms with Gasteiger partial charge in [-0.25, -0.2) is 29.9 Å². The summed E-state index contributed by atoms with van der Waals surface area (Å²) in [4.78, 5) is 31.1. The first-order chi connectivity index (χ1) is 30.2. The fourth-order valence-electron chi connectivity index (χ4n) is 8.05. The van der Waals surface area contributed by atoms with Crippen molar-refractivity contribution < 1.29 is 0 Å². The predicted octanol–water partition coefficient (Wildman–Crippen LogP) is 12.8. The molecule has 3 aromatic heterocycles. The first-order valence-corrected chi connectivity index (χ1v) is 20.2. The molecule has 0 aliphatic rings. The molecule has 0 unspecified atom stereocenters. The van der Waals surface area contributed by atoms with Gasteiger partial charge in [0.05, 0.1) is 16.7 Å². The number of nitrogens with zero attached hydrogens (tertiary/aromatic N) is 7. The van der Waals surface area contributed by atoms with Gasteiger partial charge in [0.15, 0.2) is 34.9 Å². The lowest BCUT2D eigenvalue weighted by Gasteiger charge is -2.16. The summed E-state index contributed by atoms with van der Waals surface area (Å²) in [5.41, 5.74) is 10.4. The molecular formula is C54H35N7. The van der Waals surface area contributed by atoms with Crippen LogP contribution in [0.3, 0.4) is 0 Å². The maximum Gasteiger partial charge on any atom is 0.166 e. The van der Waals surface area contributed by atoms with Crippen molar-refractivity contribution in [3.05, 3.63) is 212 Å². The van der Waals surface area contributed by atoms with Crippen LogP contribution >= 0.6 is 0 Å². The molecule has 0 radical (unpaired) electrons. The Labute approximate surface area is 352 Å². The molecule has 7 nitrogen and oxygen atoms in total. The van der Waals surface area contributed by atoms with Crippen molar-refractivity contribution in [3.63, 3.8) is 0 Å². The van der Waals surface area contributed by atoms with Crippen molar-refractivity contribution in [1.29, 1.82) is 0 Å². The molecule has 8 aromatic carbocycles. The smallest absolute Gasteiger partial charge is 0.166 e. The Morgan fingerprint density at radius 3 is 1.10 bits per heavy atom. The van der Waals surface area contributed by atoms with Gasteiger partial charge >= 0.3 is 0 Å². The second-order valence-electron chi connectivity index (χ2n) is 14.7. The third-order valence-electron chi connectivity index (χ3n) is 10.9. The van der Waals surface area contributed by atoms with E-state index in [9.17, 15) is 0 Å². The van der Waals surface area contributed by atoms with Crippen molar-refractivity contribution in [2.24, 2.45) is 0 Å². The summed E-state index contributed by atoms with van der Waals surface area (Å²) >= 11 is 0. The summed E-state index contributed by atoms with van der Waals surface area (Å²) in [7, 11) is 0. The van der Waals surface area contributed by atoms with Crippen molar-refractivity contribution >= 4 is 21.8 Å². The second kappa shape index (κ2) is 15.4. The van der Waals surface area contributed by atoms with E-state index in [0.29, 0.717) is 34.9 Å². The molecule has 0 aliphatic carbocycles. The van der Waals surface area contributed by atoms with Crippen LogP contribution in [0.1, 0.15) is 0 Å². The van der Waals surface area contributed by atoms with E-state index in [0.717, 1.165) is 72.0 Å². The van der Waals surface area contributed by atoms with Crippen LogP contribution in [0.5, 0.6) is 0 Å². The molecule has 0 N–H and O–H groups in total. The molecular weight excluding hydrogens is 747 g/mol. The number of hydrogen-bond donors (Lipinski definition) is 0. The molecule has 0 aliphatic heterocycles. The van der Waals surface area contributed by atoms with E-state index in [4.69, 9.17) is 29.9 Å². The van der Waals surface area contributed by atoms with Crippen molar-refractivity contribution in [1.82, 2.24) is 34.5 Å². The van der Waals surface area contributed by atoms with E-state index >= 15 is 0 Å². The number of para-hydroxylation sites is 2. The quantitative estimate of drug-likeness (QED) is 0.153. The maximum atomic E-state index is 5.26. The molecule has 0 amide bonds. The summed E-state index contributed by atoms with van der Waals surface area (Å²) in [6.07, 6.45) is 0. The summed E-state index contributed by atoms with van der Waals surface area (Å²) in [5.74, 6) is 3.37. The van der Waals surface area contributed by atoms with Gasteiger partial charge in [-0.1, -0.05) is 182 Å². The SMILES string of the molecule is c1ccc(-c2nc(-c3ccc(-n4c5ccccc5c5ccccc54)c(-c4nc(-c5ccccc5)nc(-c5ccccc5)n4)c3)nc(-c3ccccc3-c3ccccc3)n2)cc1. The highest BCUT2D eigenvalue weighted by atomic mass is 15.1. The molecule has 11 aromatic rings. The summed E-state index contributed by atoms with van der Waals surface area (Å²) in [6.45, 7) is 0. The van der Waals surface area contributed by atoms with Gasteiger partial charge in [0, 0.05) is 44.2 Å². The summed E-state index contributed by atoms with van der Waals surface area (Å²) < 4.78 is 2.31. The average Bonchev–Trinajstić information content (AvgIpc) is 3.69. The summed E-state index contributed by atoms with van der Waals surface area (Å²) in [5, 5.41) is 2.32. The Morgan fingerprint density at radius 1 is 0.246 bits per heavy atom. The lowest BCUT2D eigenvalue weighted by atomic mass is 9.99. The minimum absolute atomic E-state index is 0.526. The van der Waals surface area contributed by atoms with E-state index in [2.05, 4.69) is 95.6 Å². The Hall–Kier alpha value is -8.42. The predicted molar refractivity (Wildman–Crippen MR) is 246 cm³/mol. The van der Waals surface area contributed by atoms with Crippen molar-refractivity contribution in [2.45, 2.75) is 0 Å². The molecule has 0 saturated heterocycles. The average molecular weight is 782 g/mol. The van der Waals surface area contributed by atoms with Gasteiger partial charge in [0.2, 0.25) is 0 Å². The Balaban J connectivity index is 1.19. The van der Waals surface area contributed by atoms with E-state index in [1.807, 2.05) is 121 Å². The molecule has 7 heteroatoms. The Bertz CT molecular complexity index is 3240. The van der Waals surface area contributed by atoms with Crippen LogP contribution in [0.2, 0.25) is 0 Å². The molecule has 286 valence electrons. The van der Waals surface area contributed by atoms with E-state index < -0.39 is 0 Å². The third kappa shape index (κ3) is 6.70. The maximum absolute atomic E-state index is 5.26.